The molecule has 0 aliphatic carbocycles. The fourth-order valence-corrected chi connectivity index (χ4v) is 3.48. The molecule has 0 saturated heterocycles. The van der Waals surface area contributed by atoms with E-state index in [0.717, 1.165) is 27.2 Å². The zero-order chi connectivity index (χ0) is 15.8. The van der Waals surface area contributed by atoms with Gasteiger partial charge in [0.2, 0.25) is 0 Å². The predicted octanol–water partition coefficient (Wildman–Crippen LogP) is 4.40. The number of nitrogens with zero attached hydrogens (tertiary/aromatic N) is 1. The molecule has 2 nitrogen and oxygen atoms in total. The lowest BCUT2D eigenvalue weighted by molar-refractivity contribution is -0.137. The zero-order valence-corrected chi connectivity index (χ0v) is 13.1. The van der Waals surface area contributed by atoms with E-state index >= 15 is 0 Å². The summed E-state index contributed by atoms with van der Waals surface area (Å²) < 4.78 is 38.2. The van der Waals surface area contributed by atoms with Crippen molar-refractivity contribution in [3.63, 3.8) is 0 Å². The van der Waals surface area contributed by atoms with Crippen molar-refractivity contribution in [2.24, 2.45) is 0 Å². The number of hydrogen-bond acceptors (Lipinski definition) is 3. The molecule has 0 amide bonds. The third-order valence-electron chi connectivity index (χ3n) is 3.40. The van der Waals surface area contributed by atoms with Crippen LogP contribution in [0.5, 0.6) is 0 Å². The number of alkyl halides is 3. The summed E-state index contributed by atoms with van der Waals surface area (Å²) in [4.78, 5) is 5.43. The predicted molar refractivity (Wildman–Crippen MR) is 78.7 cm³/mol. The molecule has 0 aliphatic rings. The highest BCUT2D eigenvalue weighted by molar-refractivity contribution is 7.11. The Bertz CT molecular complexity index is 647. The third-order valence-corrected chi connectivity index (χ3v) is 4.54. The fourth-order valence-electron chi connectivity index (χ4n) is 2.42. The van der Waals surface area contributed by atoms with Crippen LogP contribution in [0.2, 0.25) is 0 Å². The van der Waals surface area contributed by atoms with Gasteiger partial charge in [0.1, 0.15) is 0 Å². The molecule has 0 aliphatic heterocycles. The van der Waals surface area contributed by atoms with Gasteiger partial charge in [-0.1, -0.05) is 6.07 Å². The van der Waals surface area contributed by atoms with Crippen LogP contribution in [0.1, 0.15) is 38.3 Å². The maximum atomic E-state index is 12.7. The minimum Gasteiger partial charge on any atom is -0.309 e. The number of nitrogens with one attached hydrogen (secondary N) is 1. The first-order valence-electron chi connectivity index (χ1n) is 6.53. The summed E-state index contributed by atoms with van der Waals surface area (Å²) in [5, 5.41) is 4.13. The maximum absolute atomic E-state index is 12.7. The molecule has 6 heteroatoms. The van der Waals surface area contributed by atoms with E-state index in [9.17, 15) is 13.2 Å². The molecular weight excluding hydrogens is 297 g/mol. The molecule has 0 radical (unpaired) electrons. The molecule has 1 aromatic carbocycles. The number of halogens is 3. The summed E-state index contributed by atoms with van der Waals surface area (Å²) in [6.07, 6.45) is -4.31. The molecular formula is C15H17F3N2S. The summed E-state index contributed by atoms with van der Waals surface area (Å²) in [5.74, 6) is 0. The van der Waals surface area contributed by atoms with Crippen LogP contribution in [0.3, 0.4) is 0 Å². The van der Waals surface area contributed by atoms with Gasteiger partial charge in [-0.15, -0.1) is 11.3 Å². The van der Waals surface area contributed by atoms with E-state index in [2.05, 4.69) is 10.3 Å². The SMILES string of the molecule is CNC(c1ccc(C(F)(F)F)cc1C)c1sc(C)nc1C. The molecule has 0 saturated carbocycles. The van der Waals surface area contributed by atoms with Gasteiger partial charge < -0.3 is 5.32 Å². The van der Waals surface area contributed by atoms with E-state index < -0.39 is 11.7 Å². The minimum atomic E-state index is -4.31. The van der Waals surface area contributed by atoms with Gasteiger partial charge in [-0.05, 0) is 51.1 Å². The number of aromatic nitrogens is 1. The number of benzene rings is 1. The highest BCUT2D eigenvalue weighted by Gasteiger charge is 2.31. The van der Waals surface area contributed by atoms with E-state index in [4.69, 9.17) is 0 Å². The van der Waals surface area contributed by atoms with Crippen molar-refractivity contribution in [3.05, 3.63) is 50.5 Å². The number of hydrogen-bond donors (Lipinski definition) is 1. The van der Waals surface area contributed by atoms with Crippen LogP contribution in [0.25, 0.3) is 0 Å². The van der Waals surface area contributed by atoms with Crippen molar-refractivity contribution in [1.82, 2.24) is 10.3 Å². The number of thiazole rings is 1. The van der Waals surface area contributed by atoms with Crippen molar-refractivity contribution >= 4 is 11.3 Å². The first-order valence-corrected chi connectivity index (χ1v) is 7.34. The van der Waals surface area contributed by atoms with Crippen molar-refractivity contribution in [2.45, 2.75) is 33.0 Å². The van der Waals surface area contributed by atoms with Crippen LogP contribution in [-0.2, 0) is 6.18 Å². The van der Waals surface area contributed by atoms with Crippen molar-refractivity contribution in [2.75, 3.05) is 7.05 Å². The highest BCUT2D eigenvalue weighted by atomic mass is 32.1. The van der Waals surface area contributed by atoms with E-state index in [1.807, 2.05) is 13.8 Å². The molecule has 0 bridgehead atoms. The van der Waals surface area contributed by atoms with Gasteiger partial charge in [0.15, 0.2) is 0 Å². The Morgan fingerprint density at radius 2 is 1.86 bits per heavy atom. The molecule has 21 heavy (non-hydrogen) atoms. The average molecular weight is 314 g/mol. The molecule has 2 rings (SSSR count). The monoisotopic (exact) mass is 314 g/mol. The van der Waals surface area contributed by atoms with Gasteiger partial charge >= 0.3 is 6.18 Å². The van der Waals surface area contributed by atoms with Crippen LogP contribution in [-0.4, -0.2) is 12.0 Å². The quantitative estimate of drug-likeness (QED) is 0.908. The Morgan fingerprint density at radius 1 is 1.19 bits per heavy atom. The Kier molecular flexibility index (Phi) is 4.39. The van der Waals surface area contributed by atoms with Gasteiger partial charge in [0, 0.05) is 4.88 Å². The first kappa shape index (κ1) is 16.0. The van der Waals surface area contributed by atoms with Gasteiger partial charge in [-0.3, -0.25) is 0 Å². The van der Waals surface area contributed by atoms with Gasteiger partial charge in [-0.2, -0.15) is 13.2 Å². The molecule has 0 spiro atoms. The zero-order valence-electron chi connectivity index (χ0n) is 12.3. The van der Waals surface area contributed by atoms with Crippen LogP contribution < -0.4 is 5.32 Å². The minimum absolute atomic E-state index is 0.140. The molecule has 1 atom stereocenters. The van der Waals surface area contributed by atoms with Crippen LogP contribution in [0.15, 0.2) is 18.2 Å². The first-order chi connectivity index (χ1) is 9.74. The van der Waals surface area contributed by atoms with Crippen LogP contribution >= 0.6 is 11.3 Å². The van der Waals surface area contributed by atoms with Gasteiger partial charge in [0.25, 0.3) is 0 Å². The van der Waals surface area contributed by atoms with Gasteiger partial charge in [0.05, 0.1) is 22.3 Å². The second-order valence-corrected chi connectivity index (χ2v) is 6.21. The Labute approximate surface area is 126 Å². The summed E-state index contributed by atoms with van der Waals surface area (Å²) >= 11 is 1.56. The lowest BCUT2D eigenvalue weighted by Gasteiger charge is -2.19. The smallest absolute Gasteiger partial charge is 0.309 e. The molecule has 114 valence electrons. The molecule has 1 N–H and O–H groups in total. The number of rotatable bonds is 3. The molecule has 1 aromatic heterocycles. The Balaban J connectivity index is 2.46. The van der Waals surface area contributed by atoms with Crippen LogP contribution in [0, 0.1) is 20.8 Å². The molecule has 0 fully saturated rings. The standard InChI is InChI=1S/C15H17F3N2S/c1-8-7-11(15(16,17)18)5-6-12(8)13(19-4)14-9(2)20-10(3)21-14/h5-7,13,19H,1-4H3. The molecule has 2 aromatic rings. The molecule has 1 unspecified atom stereocenters. The van der Waals surface area contributed by atoms with Crippen molar-refractivity contribution in [1.29, 1.82) is 0 Å². The summed E-state index contributed by atoms with van der Waals surface area (Å²) in [6, 6.07) is 3.74. The Hall–Kier alpha value is -1.40. The second kappa shape index (κ2) is 5.77. The van der Waals surface area contributed by atoms with Gasteiger partial charge in [-0.25, -0.2) is 4.98 Å². The molecule has 1 heterocycles. The average Bonchev–Trinajstić information content (AvgIpc) is 2.70. The van der Waals surface area contributed by atoms with E-state index in [0.29, 0.717) is 5.56 Å². The van der Waals surface area contributed by atoms with E-state index in [-0.39, 0.29) is 6.04 Å². The largest absolute Gasteiger partial charge is 0.416 e. The topological polar surface area (TPSA) is 24.9 Å². The van der Waals surface area contributed by atoms with Crippen molar-refractivity contribution in [3.8, 4) is 0 Å². The summed E-state index contributed by atoms with van der Waals surface area (Å²) in [6.45, 7) is 5.55. The Morgan fingerprint density at radius 3 is 2.29 bits per heavy atom. The lowest BCUT2D eigenvalue weighted by Crippen LogP contribution is -2.19. The van der Waals surface area contributed by atoms with E-state index in [1.54, 1.807) is 31.4 Å². The normalized spacial score (nSPS) is 13.5. The van der Waals surface area contributed by atoms with Crippen molar-refractivity contribution < 1.29 is 13.2 Å². The second-order valence-electron chi connectivity index (χ2n) is 4.97. The highest BCUT2D eigenvalue weighted by Crippen LogP contribution is 2.35. The van der Waals surface area contributed by atoms with Crippen LogP contribution in [0.4, 0.5) is 13.2 Å². The maximum Gasteiger partial charge on any atom is 0.416 e. The van der Waals surface area contributed by atoms with E-state index in [1.165, 1.54) is 6.07 Å². The fraction of sp³-hybridized carbons (Fsp3) is 0.400. The number of aryl methyl sites for hydroxylation is 3. The third kappa shape index (κ3) is 3.27. The lowest BCUT2D eigenvalue weighted by atomic mass is 9.97. The summed E-state index contributed by atoms with van der Waals surface area (Å²) in [7, 11) is 1.80. The summed E-state index contributed by atoms with van der Waals surface area (Å²) in [5.41, 5.74) is 1.76.